The number of anilines is 1. The number of aromatic carboxylic acids is 1. The summed E-state index contributed by atoms with van der Waals surface area (Å²) in [7, 11) is 0. The van der Waals surface area contributed by atoms with Crippen LogP contribution in [0.1, 0.15) is 22.8 Å². The number of carboxylic acids is 1. The van der Waals surface area contributed by atoms with E-state index < -0.39 is 23.8 Å². The molecule has 0 aliphatic carbocycles. The van der Waals surface area contributed by atoms with Crippen molar-refractivity contribution in [1.82, 2.24) is 5.32 Å². The van der Waals surface area contributed by atoms with Gasteiger partial charge in [0.05, 0.1) is 22.9 Å². The van der Waals surface area contributed by atoms with E-state index in [-0.39, 0.29) is 46.6 Å². The zero-order valence-electron chi connectivity index (χ0n) is 17.3. The number of barbiturate groups is 1. The van der Waals surface area contributed by atoms with Crippen LogP contribution >= 0.6 is 11.6 Å². The van der Waals surface area contributed by atoms with Gasteiger partial charge in [0.2, 0.25) is 0 Å². The van der Waals surface area contributed by atoms with E-state index >= 15 is 0 Å². The number of carbonyl (C=O) groups is 4. The molecule has 0 saturated carbocycles. The van der Waals surface area contributed by atoms with Crippen molar-refractivity contribution in [2.24, 2.45) is 0 Å². The van der Waals surface area contributed by atoms with Gasteiger partial charge in [-0.25, -0.2) is 14.5 Å². The summed E-state index contributed by atoms with van der Waals surface area (Å²) in [5, 5.41) is 11.3. The minimum Gasteiger partial charge on any atom is -0.490 e. The number of halogens is 1. The molecule has 0 bridgehead atoms. The molecule has 3 rings (SSSR count). The zero-order chi connectivity index (χ0) is 24.1. The third kappa shape index (κ3) is 4.97. The van der Waals surface area contributed by atoms with Crippen LogP contribution in [0, 0.1) is 12.3 Å². The number of carboxylic acid groups (broad SMARTS) is 1. The van der Waals surface area contributed by atoms with Gasteiger partial charge in [0.1, 0.15) is 12.2 Å². The monoisotopic (exact) mass is 468 g/mol. The Hall–Kier alpha value is -4.29. The number of hydrogen-bond acceptors (Lipinski definition) is 6. The fraction of sp³-hybridized carbons (Fsp3) is 0.130. The highest BCUT2D eigenvalue weighted by Crippen LogP contribution is 2.37. The maximum atomic E-state index is 13.0. The lowest BCUT2D eigenvalue weighted by Crippen LogP contribution is -2.54. The zero-order valence-corrected chi connectivity index (χ0v) is 18.0. The van der Waals surface area contributed by atoms with Crippen molar-refractivity contribution in [2.75, 3.05) is 18.1 Å². The lowest BCUT2D eigenvalue weighted by atomic mass is 10.1. The summed E-state index contributed by atoms with van der Waals surface area (Å²) in [4.78, 5) is 49.5. The maximum Gasteiger partial charge on any atom is 0.335 e. The fourth-order valence-electron chi connectivity index (χ4n) is 3.00. The minimum absolute atomic E-state index is 0.0271. The number of urea groups is 1. The molecule has 1 aliphatic heterocycles. The Morgan fingerprint density at radius 3 is 2.52 bits per heavy atom. The molecule has 2 aromatic rings. The van der Waals surface area contributed by atoms with Gasteiger partial charge < -0.3 is 14.6 Å². The summed E-state index contributed by atoms with van der Waals surface area (Å²) in [6.07, 6.45) is 6.47. The van der Waals surface area contributed by atoms with E-state index in [2.05, 4.69) is 11.2 Å². The first-order valence-corrected chi connectivity index (χ1v) is 9.92. The van der Waals surface area contributed by atoms with Crippen LogP contribution in [0.25, 0.3) is 6.08 Å². The van der Waals surface area contributed by atoms with Crippen LogP contribution in [0.4, 0.5) is 10.5 Å². The molecule has 1 aliphatic rings. The average Bonchev–Trinajstić information content (AvgIpc) is 2.76. The largest absolute Gasteiger partial charge is 0.490 e. The highest BCUT2D eigenvalue weighted by Gasteiger charge is 2.37. The lowest BCUT2D eigenvalue weighted by molar-refractivity contribution is -0.122. The van der Waals surface area contributed by atoms with E-state index in [1.165, 1.54) is 42.5 Å². The number of nitrogens with zero attached hydrogens (tertiary/aromatic N) is 1. The molecule has 2 aromatic carbocycles. The number of carbonyl (C=O) groups excluding carboxylic acids is 3. The number of amides is 4. The van der Waals surface area contributed by atoms with Crippen molar-refractivity contribution >= 4 is 47.2 Å². The number of ether oxygens (including phenoxy) is 2. The van der Waals surface area contributed by atoms with Crippen molar-refractivity contribution in [3.05, 3.63) is 58.1 Å². The first kappa shape index (κ1) is 23.4. The van der Waals surface area contributed by atoms with Crippen molar-refractivity contribution < 1.29 is 33.8 Å². The van der Waals surface area contributed by atoms with Gasteiger partial charge in [-0.1, -0.05) is 17.5 Å². The molecule has 33 heavy (non-hydrogen) atoms. The van der Waals surface area contributed by atoms with Gasteiger partial charge in [0.15, 0.2) is 11.5 Å². The summed E-state index contributed by atoms with van der Waals surface area (Å²) in [5.41, 5.74) is 0.0610. The number of benzene rings is 2. The highest BCUT2D eigenvalue weighted by molar-refractivity contribution is 6.39. The van der Waals surface area contributed by atoms with Crippen LogP contribution in [0.5, 0.6) is 11.5 Å². The van der Waals surface area contributed by atoms with Gasteiger partial charge in [-0.15, -0.1) is 6.42 Å². The first-order valence-electron chi connectivity index (χ1n) is 9.54. The van der Waals surface area contributed by atoms with Crippen LogP contribution in [0.2, 0.25) is 5.02 Å². The molecule has 1 fully saturated rings. The molecule has 0 atom stereocenters. The van der Waals surface area contributed by atoms with Gasteiger partial charge in [0.25, 0.3) is 11.8 Å². The van der Waals surface area contributed by atoms with Crippen LogP contribution in [0.15, 0.2) is 42.0 Å². The molecular formula is C23H17ClN2O7. The second kappa shape index (κ2) is 9.89. The Labute approximate surface area is 193 Å². The van der Waals surface area contributed by atoms with Gasteiger partial charge in [-0.05, 0) is 55.0 Å². The molecule has 4 amide bonds. The number of hydrogen-bond donors (Lipinski definition) is 2. The molecule has 9 nitrogen and oxygen atoms in total. The van der Waals surface area contributed by atoms with Crippen LogP contribution in [-0.4, -0.2) is 42.1 Å². The highest BCUT2D eigenvalue weighted by atomic mass is 35.5. The van der Waals surface area contributed by atoms with E-state index in [0.717, 1.165) is 4.90 Å². The van der Waals surface area contributed by atoms with Crippen LogP contribution < -0.4 is 19.7 Å². The molecule has 1 heterocycles. The summed E-state index contributed by atoms with van der Waals surface area (Å²) in [6, 6.07) is 7.05. The quantitative estimate of drug-likeness (QED) is 0.363. The average molecular weight is 469 g/mol. The third-order valence-corrected chi connectivity index (χ3v) is 4.70. The van der Waals surface area contributed by atoms with E-state index in [4.69, 9.17) is 32.6 Å². The third-order valence-electron chi connectivity index (χ3n) is 4.42. The van der Waals surface area contributed by atoms with E-state index in [1.54, 1.807) is 6.92 Å². The molecule has 10 heteroatoms. The van der Waals surface area contributed by atoms with Crippen molar-refractivity contribution in [3.63, 3.8) is 0 Å². The van der Waals surface area contributed by atoms with Gasteiger partial charge in [-0.2, -0.15) is 0 Å². The molecular weight excluding hydrogens is 452 g/mol. The molecule has 0 radical (unpaired) electrons. The number of rotatable bonds is 7. The second-order valence-electron chi connectivity index (χ2n) is 6.57. The fourth-order valence-corrected chi connectivity index (χ4v) is 3.27. The predicted octanol–water partition coefficient (Wildman–Crippen LogP) is 3.12. The predicted molar refractivity (Wildman–Crippen MR) is 119 cm³/mol. The van der Waals surface area contributed by atoms with E-state index in [1.807, 2.05) is 0 Å². The molecule has 2 N–H and O–H groups in total. The van der Waals surface area contributed by atoms with Gasteiger partial charge >= 0.3 is 12.0 Å². The van der Waals surface area contributed by atoms with Crippen molar-refractivity contribution in [1.29, 1.82) is 0 Å². The Morgan fingerprint density at radius 1 is 1.21 bits per heavy atom. The first-order chi connectivity index (χ1) is 15.8. The van der Waals surface area contributed by atoms with Gasteiger partial charge in [0, 0.05) is 0 Å². The lowest BCUT2D eigenvalue weighted by Gasteiger charge is -2.26. The molecule has 168 valence electrons. The SMILES string of the molecule is C#CCOc1c(Cl)cc(C=C2C(=O)NC(=O)N(c3ccc(C(=O)O)cc3)C2=O)cc1OCC. The molecule has 1 saturated heterocycles. The molecule has 0 unspecified atom stereocenters. The summed E-state index contributed by atoms with van der Waals surface area (Å²) in [5.74, 6) is -0.160. The Balaban J connectivity index is 2.00. The second-order valence-corrected chi connectivity index (χ2v) is 6.97. The van der Waals surface area contributed by atoms with Crippen molar-refractivity contribution in [2.45, 2.75) is 6.92 Å². The molecule has 0 aromatic heterocycles. The van der Waals surface area contributed by atoms with Crippen molar-refractivity contribution in [3.8, 4) is 23.8 Å². The Bertz CT molecular complexity index is 1210. The number of imide groups is 2. The summed E-state index contributed by atoms with van der Waals surface area (Å²) < 4.78 is 10.9. The molecule has 0 spiro atoms. The van der Waals surface area contributed by atoms with E-state index in [9.17, 15) is 19.2 Å². The standard InChI is InChI=1S/C23H17ClN2O7/c1-3-9-33-19-17(24)11-13(12-18(19)32-4-2)10-16-20(27)25-23(31)26(21(16)28)15-7-5-14(6-8-15)22(29)30/h1,5-8,10-12H,4,9H2,2H3,(H,29,30)(H,25,27,31). The Kier molecular flexibility index (Phi) is 7.00. The topological polar surface area (TPSA) is 122 Å². The van der Waals surface area contributed by atoms with Gasteiger partial charge in [-0.3, -0.25) is 14.9 Å². The van der Waals surface area contributed by atoms with Crippen LogP contribution in [0.3, 0.4) is 0 Å². The summed E-state index contributed by atoms with van der Waals surface area (Å²) >= 11 is 6.28. The maximum absolute atomic E-state index is 13.0. The Morgan fingerprint density at radius 2 is 1.91 bits per heavy atom. The van der Waals surface area contributed by atoms with E-state index in [0.29, 0.717) is 5.56 Å². The smallest absolute Gasteiger partial charge is 0.335 e. The normalized spacial score (nSPS) is 14.6. The van der Waals surface area contributed by atoms with Crippen LogP contribution in [-0.2, 0) is 9.59 Å². The summed E-state index contributed by atoms with van der Waals surface area (Å²) in [6.45, 7) is 2.00. The number of terminal acetylenes is 1. The number of nitrogens with one attached hydrogen (secondary N) is 1. The minimum atomic E-state index is -1.16.